The summed E-state index contributed by atoms with van der Waals surface area (Å²) in [7, 11) is 1.90. The number of benzene rings is 1. The van der Waals surface area contributed by atoms with Gasteiger partial charge in [-0.15, -0.1) is 0 Å². The number of aromatic nitrogens is 2. The van der Waals surface area contributed by atoms with Crippen molar-refractivity contribution in [1.82, 2.24) is 20.4 Å². The molecule has 1 aromatic heterocycles. The van der Waals surface area contributed by atoms with Crippen molar-refractivity contribution in [3.63, 3.8) is 0 Å². The van der Waals surface area contributed by atoms with Gasteiger partial charge in [0.1, 0.15) is 0 Å². The van der Waals surface area contributed by atoms with Crippen LogP contribution in [-0.4, -0.2) is 47.2 Å². The van der Waals surface area contributed by atoms with Gasteiger partial charge in [0.15, 0.2) is 0 Å². The van der Waals surface area contributed by atoms with Crippen molar-refractivity contribution in [3.8, 4) is 0 Å². The van der Waals surface area contributed by atoms with Crippen LogP contribution in [0.25, 0.3) is 10.9 Å². The average molecular weight is 258 g/mol. The molecule has 0 radical (unpaired) electrons. The maximum absolute atomic E-state index is 12.5. The van der Waals surface area contributed by atoms with Gasteiger partial charge < -0.3 is 10.2 Å². The summed E-state index contributed by atoms with van der Waals surface area (Å²) in [5, 5.41) is 11.2. The molecule has 1 aliphatic heterocycles. The molecule has 5 nitrogen and oxygen atoms in total. The van der Waals surface area contributed by atoms with Gasteiger partial charge in [-0.05, 0) is 44.1 Å². The summed E-state index contributed by atoms with van der Waals surface area (Å²) in [5.74, 6) is 0.0926. The number of nitrogens with zero attached hydrogens (tertiary/aromatic N) is 2. The van der Waals surface area contributed by atoms with Crippen LogP contribution in [0.5, 0.6) is 0 Å². The van der Waals surface area contributed by atoms with Crippen LogP contribution >= 0.6 is 0 Å². The Balaban J connectivity index is 1.81. The zero-order valence-corrected chi connectivity index (χ0v) is 11.0. The Hall–Kier alpha value is -1.88. The number of piperidine rings is 1. The SMILES string of the molecule is CN(C(=O)c1ccc2[nH]ncc2c1)C1CCNCC1. The third kappa shape index (κ3) is 2.33. The summed E-state index contributed by atoms with van der Waals surface area (Å²) in [4.78, 5) is 14.4. The third-order valence-corrected chi connectivity index (χ3v) is 3.86. The van der Waals surface area contributed by atoms with Crippen LogP contribution in [0.15, 0.2) is 24.4 Å². The molecule has 1 aliphatic rings. The molecule has 0 bridgehead atoms. The number of hydrogen-bond donors (Lipinski definition) is 2. The molecule has 0 spiro atoms. The highest BCUT2D eigenvalue weighted by Gasteiger charge is 2.22. The van der Waals surface area contributed by atoms with Crippen molar-refractivity contribution in [2.75, 3.05) is 20.1 Å². The van der Waals surface area contributed by atoms with E-state index in [1.54, 1.807) is 6.20 Å². The predicted molar refractivity (Wildman–Crippen MR) is 74.1 cm³/mol. The lowest BCUT2D eigenvalue weighted by atomic mass is 10.0. The van der Waals surface area contributed by atoms with Crippen LogP contribution in [0, 0.1) is 0 Å². The van der Waals surface area contributed by atoms with E-state index in [1.165, 1.54) is 0 Å². The minimum Gasteiger partial charge on any atom is -0.339 e. The number of amides is 1. The molecule has 0 saturated carbocycles. The van der Waals surface area contributed by atoms with E-state index in [0.29, 0.717) is 6.04 Å². The molecule has 0 aliphatic carbocycles. The molecule has 1 saturated heterocycles. The maximum atomic E-state index is 12.5. The van der Waals surface area contributed by atoms with Gasteiger partial charge in [-0.3, -0.25) is 9.89 Å². The molecule has 2 aromatic rings. The van der Waals surface area contributed by atoms with Gasteiger partial charge in [0, 0.05) is 24.0 Å². The van der Waals surface area contributed by atoms with E-state index in [1.807, 2.05) is 30.1 Å². The number of rotatable bonds is 2. The fourth-order valence-electron chi connectivity index (χ4n) is 2.64. The number of nitrogens with one attached hydrogen (secondary N) is 2. The van der Waals surface area contributed by atoms with E-state index in [9.17, 15) is 4.79 Å². The molecule has 5 heteroatoms. The minimum atomic E-state index is 0.0926. The molecule has 0 atom stereocenters. The van der Waals surface area contributed by atoms with Gasteiger partial charge in [-0.2, -0.15) is 5.10 Å². The van der Waals surface area contributed by atoms with Crippen LogP contribution in [0.4, 0.5) is 0 Å². The third-order valence-electron chi connectivity index (χ3n) is 3.86. The number of carbonyl (C=O) groups excluding carboxylic acids is 1. The average Bonchev–Trinajstić information content (AvgIpc) is 2.94. The fourth-order valence-corrected chi connectivity index (χ4v) is 2.64. The maximum Gasteiger partial charge on any atom is 0.253 e. The van der Waals surface area contributed by atoms with E-state index in [-0.39, 0.29) is 5.91 Å². The molecule has 3 rings (SSSR count). The summed E-state index contributed by atoms with van der Waals surface area (Å²) in [6.45, 7) is 1.98. The highest BCUT2D eigenvalue weighted by atomic mass is 16.2. The smallest absolute Gasteiger partial charge is 0.253 e. The van der Waals surface area contributed by atoms with Crippen molar-refractivity contribution in [2.45, 2.75) is 18.9 Å². The molecular formula is C14H18N4O. The van der Waals surface area contributed by atoms with Crippen molar-refractivity contribution in [2.24, 2.45) is 0 Å². The number of aromatic amines is 1. The largest absolute Gasteiger partial charge is 0.339 e. The Morgan fingerprint density at radius 3 is 2.95 bits per heavy atom. The zero-order chi connectivity index (χ0) is 13.2. The summed E-state index contributed by atoms with van der Waals surface area (Å²) in [6, 6.07) is 6.01. The van der Waals surface area contributed by atoms with Gasteiger partial charge >= 0.3 is 0 Å². The van der Waals surface area contributed by atoms with E-state index >= 15 is 0 Å². The quantitative estimate of drug-likeness (QED) is 0.855. The Morgan fingerprint density at radius 2 is 2.16 bits per heavy atom. The highest BCUT2D eigenvalue weighted by molar-refractivity contribution is 5.97. The monoisotopic (exact) mass is 258 g/mol. The van der Waals surface area contributed by atoms with Crippen molar-refractivity contribution < 1.29 is 4.79 Å². The van der Waals surface area contributed by atoms with Gasteiger partial charge in [-0.25, -0.2) is 0 Å². The normalized spacial score (nSPS) is 16.7. The molecule has 1 amide bonds. The van der Waals surface area contributed by atoms with Gasteiger partial charge in [0.2, 0.25) is 0 Å². The molecular weight excluding hydrogens is 240 g/mol. The first-order valence-electron chi connectivity index (χ1n) is 6.67. The van der Waals surface area contributed by atoms with Crippen molar-refractivity contribution in [1.29, 1.82) is 0 Å². The van der Waals surface area contributed by atoms with Crippen molar-refractivity contribution >= 4 is 16.8 Å². The fraction of sp³-hybridized carbons (Fsp3) is 0.429. The van der Waals surface area contributed by atoms with Gasteiger partial charge in [0.25, 0.3) is 5.91 Å². The van der Waals surface area contributed by atoms with Crippen LogP contribution in [0.2, 0.25) is 0 Å². The Morgan fingerprint density at radius 1 is 1.37 bits per heavy atom. The Bertz CT molecular complexity index is 586. The first-order valence-corrected chi connectivity index (χ1v) is 6.67. The summed E-state index contributed by atoms with van der Waals surface area (Å²) in [6.07, 6.45) is 3.79. The summed E-state index contributed by atoms with van der Waals surface area (Å²) in [5.41, 5.74) is 1.69. The van der Waals surface area contributed by atoms with E-state index in [2.05, 4.69) is 15.5 Å². The first kappa shape index (κ1) is 12.2. The number of H-pyrrole nitrogens is 1. The number of hydrogen-bond acceptors (Lipinski definition) is 3. The van der Waals surface area contributed by atoms with E-state index in [0.717, 1.165) is 42.4 Å². The minimum absolute atomic E-state index is 0.0926. The second-order valence-electron chi connectivity index (χ2n) is 5.07. The standard InChI is InChI=1S/C14H18N4O/c1-18(12-4-6-15-7-5-12)14(19)10-2-3-13-11(8-10)9-16-17-13/h2-3,8-9,12,15H,4-7H2,1H3,(H,16,17). The molecule has 0 unspecified atom stereocenters. The second kappa shape index (κ2) is 5.01. The van der Waals surface area contributed by atoms with Crippen LogP contribution in [0.3, 0.4) is 0 Å². The zero-order valence-electron chi connectivity index (χ0n) is 11.0. The Kier molecular flexibility index (Phi) is 3.21. The lowest BCUT2D eigenvalue weighted by Gasteiger charge is -2.31. The molecule has 1 fully saturated rings. The molecule has 1 aromatic carbocycles. The first-order chi connectivity index (χ1) is 9.25. The topological polar surface area (TPSA) is 61.0 Å². The molecule has 19 heavy (non-hydrogen) atoms. The molecule has 100 valence electrons. The van der Waals surface area contributed by atoms with Gasteiger partial charge in [0.05, 0.1) is 11.7 Å². The second-order valence-corrected chi connectivity index (χ2v) is 5.07. The Labute approximate surface area is 112 Å². The number of fused-ring (bicyclic) bond motifs is 1. The lowest BCUT2D eigenvalue weighted by molar-refractivity contribution is 0.0703. The lowest BCUT2D eigenvalue weighted by Crippen LogP contribution is -2.43. The van der Waals surface area contributed by atoms with Gasteiger partial charge in [-0.1, -0.05) is 0 Å². The van der Waals surface area contributed by atoms with Crippen LogP contribution in [0.1, 0.15) is 23.2 Å². The van der Waals surface area contributed by atoms with E-state index in [4.69, 9.17) is 0 Å². The summed E-state index contributed by atoms with van der Waals surface area (Å²) < 4.78 is 0. The number of carbonyl (C=O) groups is 1. The van der Waals surface area contributed by atoms with E-state index < -0.39 is 0 Å². The van der Waals surface area contributed by atoms with Crippen LogP contribution < -0.4 is 5.32 Å². The van der Waals surface area contributed by atoms with Crippen LogP contribution in [-0.2, 0) is 0 Å². The highest BCUT2D eigenvalue weighted by Crippen LogP contribution is 2.17. The van der Waals surface area contributed by atoms with Crippen molar-refractivity contribution in [3.05, 3.63) is 30.0 Å². The molecule has 2 N–H and O–H groups in total. The predicted octanol–water partition coefficient (Wildman–Crippen LogP) is 1.39. The molecule has 2 heterocycles. The summed E-state index contributed by atoms with van der Waals surface area (Å²) >= 11 is 0.